The molecule has 0 aliphatic heterocycles. The van der Waals surface area contributed by atoms with Gasteiger partial charge in [0, 0.05) is 11.1 Å². The van der Waals surface area contributed by atoms with Crippen LogP contribution in [-0.2, 0) is 0 Å². The minimum Gasteiger partial charge on any atom is -0.508 e. The van der Waals surface area contributed by atoms with Crippen molar-refractivity contribution in [3.05, 3.63) is 47.0 Å². The molecule has 1 heterocycles. The van der Waals surface area contributed by atoms with Crippen molar-refractivity contribution in [3.63, 3.8) is 0 Å². The molecule has 3 rings (SSSR count). The summed E-state index contributed by atoms with van der Waals surface area (Å²) < 4.78 is 0. The largest absolute Gasteiger partial charge is 0.508 e. The fourth-order valence-corrected chi connectivity index (χ4v) is 2.24. The minimum absolute atomic E-state index is 0.00980. The van der Waals surface area contributed by atoms with Crippen LogP contribution in [0.4, 0.5) is 11.6 Å². The zero-order valence-electron chi connectivity index (χ0n) is 10.0. The molecule has 2 aromatic carbocycles. The monoisotopic (exact) mass is 306 g/mol. The van der Waals surface area contributed by atoms with Crippen molar-refractivity contribution >= 4 is 45.6 Å². The Hall–Kier alpha value is -2.11. The summed E-state index contributed by atoms with van der Waals surface area (Å²) in [6.07, 6.45) is 0. The average Bonchev–Trinajstić information content (AvgIpc) is 2.38. The summed E-state index contributed by atoms with van der Waals surface area (Å²) in [5, 5.41) is 14.4. The summed E-state index contributed by atoms with van der Waals surface area (Å²) in [7, 11) is 0. The molecule has 0 unspecified atom stereocenters. The van der Waals surface area contributed by atoms with Crippen LogP contribution in [0.5, 0.6) is 5.75 Å². The molecule has 1 aromatic heterocycles. The molecule has 0 amide bonds. The smallest absolute Gasteiger partial charge is 0.232 e. The number of rotatable bonds is 2. The molecule has 0 fully saturated rings. The molecule has 0 saturated carbocycles. The standard InChI is InChI=1S/C13H8Cl2N4O/c14-11-17-12(15)19-13(18-11)16-10-3-1-2-7-4-5-8(20)6-9(7)10/h1-6,20H,(H,16,17,18,19). The lowest BCUT2D eigenvalue weighted by atomic mass is 10.1. The lowest BCUT2D eigenvalue weighted by Crippen LogP contribution is -1.99. The zero-order valence-corrected chi connectivity index (χ0v) is 11.5. The second kappa shape index (κ2) is 5.11. The van der Waals surface area contributed by atoms with Crippen LogP contribution in [0.2, 0.25) is 10.6 Å². The van der Waals surface area contributed by atoms with Crippen LogP contribution >= 0.6 is 23.2 Å². The van der Waals surface area contributed by atoms with E-state index in [1.807, 2.05) is 24.3 Å². The quantitative estimate of drug-likeness (QED) is 0.754. The van der Waals surface area contributed by atoms with E-state index in [1.165, 1.54) is 0 Å². The molecule has 0 aliphatic rings. The first-order valence-electron chi connectivity index (χ1n) is 5.68. The maximum atomic E-state index is 9.60. The van der Waals surface area contributed by atoms with Gasteiger partial charge in [-0.3, -0.25) is 0 Å². The third-order valence-electron chi connectivity index (χ3n) is 2.69. The van der Waals surface area contributed by atoms with Gasteiger partial charge in [-0.25, -0.2) is 0 Å². The highest BCUT2D eigenvalue weighted by Crippen LogP contribution is 2.28. The lowest BCUT2D eigenvalue weighted by Gasteiger charge is -2.09. The van der Waals surface area contributed by atoms with Gasteiger partial charge in [0.2, 0.25) is 16.5 Å². The number of aromatic nitrogens is 3. The Morgan fingerprint density at radius 2 is 1.70 bits per heavy atom. The van der Waals surface area contributed by atoms with Gasteiger partial charge >= 0.3 is 0 Å². The van der Waals surface area contributed by atoms with Crippen molar-refractivity contribution in [2.45, 2.75) is 0 Å². The van der Waals surface area contributed by atoms with Crippen molar-refractivity contribution < 1.29 is 5.11 Å². The van der Waals surface area contributed by atoms with Crippen LogP contribution in [0.3, 0.4) is 0 Å². The molecule has 0 aliphatic carbocycles. The van der Waals surface area contributed by atoms with E-state index < -0.39 is 0 Å². The Morgan fingerprint density at radius 1 is 0.950 bits per heavy atom. The first-order chi connectivity index (χ1) is 9.61. The molecule has 5 nitrogen and oxygen atoms in total. The highest BCUT2D eigenvalue weighted by atomic mass is 35.5. The Balaban J connectivity index is 2.08. The zero-order chi connectivity index (χ0) is 14.1. The number of fused-ring (bicyclic) bond motifs is 1. The molecule has 20 heavy (non-hydrogen) atoms. The van der Waals surface area contributed by atoms with Crippen molar-refractivity contribution in [2.75, 3.05) is 5.32 Å². The molecule has 2 N–H and O–H groups in total. The number of nitrogens with one attached hydrogen (secondary N) is 1. The van der Waals surface area contributed by atoms with Crippen LogP contribution < -0.4 is 5.32 Å². The molecule has 0 bridgehead atoms. The van der Waals surface area contributed by atoms with E-state index in [9.17, 15) is 5.11 Å². The molecular weight excluding hydrogens is 299 g/mol. The minimum atomic E-state index is 0.00980. The number of halogens is 2. The fourth-order valence-electron chi connectivity index (χ4n) is 1.87. The predicted octanol–water partition coefficient (Wildman–Crippen LogP) is 3.78. The summed E-state index contributed by atoms with van der Waals surface area (Å²) in [5.41, 5.74) is 0.733. The van der Waals surface area contributed by atoms with Crippen LogP contribution in [0, 0.1) is 0 Å². The molecule has 7 heteroatoms. The predicted molar refractivity (Wildman–Crippen MR) is 78.7 cm³/mol. The summed E-state index contributed by atoms with van der Waals surface area (Å²) in [5.74, 6) is 0.421. The van der Waals surface area contributed by atoms with Gasteiger partial charge in [0.1, 0.15) is 5.75 Å². The number of benzene rings is 2. The second-order valence-corrected chi connectivity index (χ2v) is 4.71. The third kappa shape index (κ3) is 2.59. The van der Waals surface area contributed by atoms with E-state index in [4.69, 9.17) is 23.2 Å². The van der Waals surface area contributed by atoms with E-state index in [1.54, 1.807) is 12.1 Å². The van der Waals surface area contributed by atoms with E-state index in [2.05, 4.69) is 20.3 Å². The van der Waals surface area contributed by atoms with Gasteiger partial charge in [0.25, 0.3) is 0 Å². The summed E-state index contributed by atoms with van der Waals surface area (Å²) in [6.45, 7) is 0. The number of hydrogen-bond acceptors (Lipinski definition) is 5. The fraction of sp³-hybridized carbons (Fsp3) is 0. The van der Waals surface area contributed by atoms with Gasteiger partial charge in [-0.15, -0.1) is 0 Å². The van der Waals surface area contributed by atoms with Gasteiger partial charge in [-0.05, 0) is 46.8 Å². The highest BCUT2D eigenvalue weighted by molar-refractivity contribution is 6.31. The Labute approximate surface area is 124 Å². The Morgan fingerprint density at radius 3 is 2.45 bits per heavy atom. The molecule has 100 valence electrons. The molecule has 0 saturated heterocycles. The maximum Gasteiger partial charge on any atom is 0.232 e. The lowest BCUT2D eigenvalue weighted by molar-refractivity contribution is 0.476. The van der Waals surface area contributed by atoms with Crippen LogP contribution in [0.1, 0.15) is 0 Å². The maximum absolute atomic E-state index is 9.60. The summed E-state index contributed by atoms with van der Waals surface area (Å²) in [4.78, 5) is 11.6. The second-order valence-electron chi connectivity index (χ2n) is 4.03. The van der Waals surface area contributed by atoms with Crippen LogP contribution in [-0.4, -0.2) is 20.1 Å². The van der Waals surface area contributed by atoms with Gasteiger partial charge < -0.3 is 10.4 Å². The topological polar surface area (TPSA) is 70.9 Å². The first-order valence-corrected chi connectivity index (χ1v) is 6.43. The van der Waals surface area contributed by atoms with Crippen molar-refractivity contribution in [1.29, 1.82) is 0 Å². The van der Waals surface area contributed by atoms with Crippen molar-refractivity contribution in [2.24, 2.45) is 0 Å². The summed E-state index contributed by atoms with van der Waals surface area (Å²) in [6, 6.07) is 10.8. The number of aromatic hydroxyl groups is 1. The first kappa shape index (κ1) is 12.9. The molecule has 0 spiro atoms. The third-order valence-corrected chi connectivity index (χ3v) is 3.03. The molecule has 3 aromatic rings. The molecular formula is C13H8Cl2N4O. The van der Waals surface area contributed by atoms with Crippen molar-refractivity contribution in [1.82, 2.24) is 15.0 Å². The number of hydrogen-bond donors (Lipinski definition) is 2. The normalized spacial score (nSPS) is 10.7. The van der Waals surface area contributed by atoms with E-state index in [0.717, 1.165) is 16.5 Å². The van der Waals surface area contributed by atoms with Gasteiger partial charge in [0.15, 0.2) is 0 Å². The SMILES string of the molecule is Oc1ccc2cccc(Nc3nc(Cl)nc(Cl)n3)c2c1. The number of nitrogens with zero attached hydrogens (tertiary/aromatic N) is 3. The Kier molecular flexibility index (Phi) is 3.30. The van der Waals surface area contributed by atoms with E-state index in [0.29, 0.717) is 0 Å². The summed E-state index contributed by atoms with van der Waals surface area (Å²) >= 11 is 11.5. The van der Waals surface area contributed by atoms with Crippen LogP contribution in [0.15, 0.2) is 36.4 Å². The van der Waals surface area contributed by atoms with E-state index >= 15 is 0 Å². The van der Waals surface area contributed by atoms with Gasteiger partial charge in [-0.2, -0.15) is 15.0 Å². The van der Waals surface area contributed by atoms with Crippen LogP contribution in [0.25, 0.3) is 10.8 Å². The highest BCUT2D eigenvalue weighted by Gasteiger charge is 2.06. The van der Waals surface area contributed by atoms with Gasteiger partial charge in [-0.1, -0.05) is 18.2 Å². The van der Waals surface area contributed by atoms with E-state index in [-0.39, 0.29) is 22.3 Å². The van der Waals surface area contributed by atoms with Crippen molar-refractivity contribution in [3.8, 4) is 5.75 Å². The molecule has 0 atom stereocenters. The molecule has 0 radical (unpaired) electrons. The van der Waals surface area contributed by atoms with Gasteiger partial charge in [0.05, 0.1) is 0 Å². The number of anilines is 2. The Bertz CT molecular complexity index is 774. The average molecular weight is 307 g/mol. The number of phenolic OH excluding ortho intramolecular Hbond substituents is 1. The number of phenols is 1.